The first-order valence-corrected chi connectivity index (χ1v) is 8.54. The highest BCUT2D eigenvalue weighted by atomic mass is 79.9. The first kappa shape index (κ1) is 18.1. The Morgan fingerprint density at radius 3 is 2.30 bits per heavy atom. The van der Waals surface area contributed by atoms with Crippen molar-refractivity contribution in [1.82, 2.24) is 9.80 Å². The average Bonchev–Trinajstić information content (AvgIpc) is 2.38. The van der Waals surface area contributed by atoms with E-state index in [0.717, 1.165) is 22.0 Å². The molecule has 5 heteroatoms. The van der Waals surface area contributed by atoms with Gasteiger partial charge in [-0.1, -0.05) is 13.0 Å². The zero-order chi connectivity index (χ0) is 15.3. The highest BCUT2D eigenvalue weighted by Gasteiger charge is 2.23. The van der Waals surface area contributed by atoms with E-state index in [1.54, 1.807) is 0 Å². The number of nitrogens with zero attached hydrogens (tertiary/aromatic N) is 2. The van der Waals surface area contributed by atoms with E-state index in [2.05, 4.69) is 87.8 Å². The highest BCUT2D eigenvalue weighted by molar-refractivity contribution is 9.13. The summed E-state index contributed by atoms with van der Waals surface area (Å²) in [5.41, 5.74) is 7.31. The molecule has 0 radical (unpaired) electrons. The quantitative estimate of drug-likeness (QED) is 0.752. The number of likely N-dealkylation sites (N-methyl/N-ethyl adjacent to an activating group) is 2. The molecule has 0 aliphatic rings. The van der Waals surface area contributed by atoms with Crippen LogP contribution in [0.4, 0.5) is 0 Å². The minimum Gasteiger partial charge on any atom is -0.329 e. The van der Waals surface area contributed by atoms with Crippen LogP contribution < -0.4 is 5.73 Å². The van der Waals surface area contributed by atoms with Crippen molar-refractivity contribution in [2.75, 3.05) is 33.7 Å². The molecule has 0 aromatic heterocycles. The normalized spacial score (nSPS) is 14.8. The van der Waals surface area contributed by atoms with Crippen LogP contribution in [0.2, 0.25) is 0 Å². The van der Waals surface area contributed by atoms with Crippen molar-refractivity contribution in [3.8, 4) is 0 Å². The Kier molecular flexibility index (Phi) is 7.69. The summed E-state index contributed by atoms with van der Waals surface area (Å²) in [6.07, 6.45) is 0. The van der Waals surface area contributed by atoms with Crippen LogP contribution in [0, 0.1) is 0 Å². The lowest BCUT2D eigenvalue weighted by atomic mass is 10.0. The first-order valence-electron chi connectivity index (χ1n) is 6.96. The Labute approximate surface area is 139 Å². The number of halogens is 2. The summed E-state index contributed by atoms with van der Waals surface area (Å²) in [4.78, 5) is 4.69. The van der Waals surface area contributed by atoms with Gasteiger partial charge in [0.1, 0.15) is 0 Å². The molecule has 0 aliphatic heterocycles. The van der Waals surface area contributed by atoms with E-state index < -0.39 is 0 Å². The molecule has 3 nitrogen and oxygen atoms in total. The van der Waals surface area contributed by atoms with Gasteiger partial charge in [0.25, 0.3) is 0 Å². The van der Waals surface area contributed by atoms with Gasteiger partial charge in [-0.25, -0.2) is 0 Å². The number of rotatable bonds is 7. The Bertz CT molecular complexity index is 424. The summed E-state index contributed by atoms with van der Waals surface area (Å²) in [5, 5.41) is 0. The Morgan fingerprint density at radius 1 is 1.20 bits per heavy atom. The monoisotopic (exact) mass is 405 g/mol. The fourth-order valence-corrected chi connectivity index (χ4v) is 3.30. The summed E-state index contributed by atoms with van der Waals surface area (Å²) in [7, 11) is 4.22. The fourth-order valence-electron chi connectivity index (χ4n) is 2.66. The maximum atomic E-state index is 6.06. The van der Waals surface area contributed by atoms with Gasteiger partial charge in [0.2, 0.25) is 0 Å². The van der Waals surface area contributed by atoms with Gasteiger partial charge in [0.05, 0.1) is 0 Å². The van der Waals surface area contributed by atoms with Crippen LogP contribution in [0.1, 0.15) is 25.5 Å². The summed E-state index contributed by atoms with van der Waals surface area (Å²) in [6.45, 7) is 7.11. The van der Waals surface area contributed by atoms with Gasteiger partial charge in [-0.3, -0.25) is 4.90 Å². The molecule has 114 valence electrons. The molecule has 2 atom stereocenters. The van der Waals surface area contributed by atoms with Gasteiger partial charge in [0, 0.05) is 34.1 Å². The van der Waals surface area contributed by atoms with E-state index in [9.17, 15) is 0 Å². The van der Waals surface area contributed by atoms with Crippen LogP contribution in [-0.4, -0.2) is 49.6 Å². The zero-order valence-electron chi connectivity index (χ0n) is 12.7. The van der Waals surface area contributed by atoms with Crippen LogP contribution in [-0.2, 0) is 0 Å². The third-order valence-corrected chi connectivity index (χ3v) is 5.39. The molecule has 2 unspecified atom stereocenters. The second-order valence-electron chi connectivity index (χ2n) is 5.37. The molecule has 2 N–H and O–H groups in total. The third-order valence-electron chi connectivity index (χ3n) is 3.51. The molecular weight excluding hydrogens is 382 g/mol. The predicted octanol–water partition coefficient (Wildman–Crippen LogP) is 3.48. The molecule has 1 rings (SSSR count). The van der Waals surface area contributed by atoms with Crippen molar-refractivity contribution in [2.45, 2.75) is 25.9 Å². The van der Waals surface area contributed by atoms with Crippen LogP contribution in [0.15, 0.2) is 27.1 Å². The average molecular weight is 407 g/mol. The Balaban J connectivity index is 2.98. The molecule has 0 fully saturated rings. The summed E-state index contributed by atoms with van der Waals surface area (Å²) in [6, 6.07) is 7.10. The zero-order valence-corrected chi connectivity index (χ0v) is 15.9. The van der Waals surface area contributed by atoms with Crippen LogP contribution >= 0.6 is 31.9 Å². The Hall–Kier alpha value is 0.0600. The summed E-state index contributed by atoms with van der Waals surface area (Å²) >= 11 is 7.10. The van der Waals surface area contributed by atoms with E-state index >= 15 is 0 Å². The molecule has 0 amide bonds. The van der Waals surface area contributed by atoms with Crippen molar-refractivity contribution >= 4 is 31.9 Å². The molecule has 0 aliphatic carbocycles. The number of hydrogen-bond acceptors (Lipinski definition) is 3. The lowest BCUT2D eigenvalue weighted by molar-refractivity contribution is 0.131. The fraction of sp³-hybridized carbons (Fsp3) is 0.600. The van der Waals surface area contributed by atoms with E-state index in [-0.39, 0.29) is 6.04 Å². The van der Waals surface area contributed by atoms with Gasteiger partial charge in [-0.15, -0.1) is 0 Å². The van der Waals surface area contributed by atoms with Crippen molar-refractivity contribution < 1.29 is 0 Å². The standard InChI is InChI=1S/C15H25Br2N3/c1-5-20(11(2)10-19(3)4)15(9-18)12-6-7-13(16)14(17)8-12/h6-8,11,15H,5,9-10,18H2,1-4H3. The van der Waals surface area contributed by atoms with Crippen LogP contribution in [0.3, 0.4) is 0 Å². The van der Waals surface area contributed by atoms with Crippen LogP contribution in [0.25, 0.3) is 0 Å². The molecule has 1 aromatic rings. The minimum absolute atomic E-state index is 0.249. The highest BCUT2D eigenvalue weighted by Crippen LogP contribution is 2.29. The molecule has 0 heterocycles. The van der Waals surface area contributed by atoms with E-state index in [1.165, 1.54) is 5.56 Å². The largest absolute Gasteiger partial charge is 0.329 e. The van der Waals surface area contributed by atoms with Crippen molar-refractivity contribution in [3.05, 3.63) is 32.7 Å². The van der Waals surface area contributed by atoms with E-state index in [1.807, 2.05) is 0 Å². The number of benzene rings is 1. The van der Waals surface area contributed by atoms with E-state index in [0.29, 0.717) is 12.6 Å². The van der Waals surface area contributed by atoms with E-state index in [4.69, 9.17) is 5.73 Å². The topological polar surface area (TPSA) is 32.5 Å². The van der Waals surface area contributed by atoms with Crippen molar-refractivity contribution in [2.24, 2.45) is 5.73 Å². The lowest BCUT2D eigenvalue weighted by Gasteiger charge is -2.36. The van der Waals surface area contributed by atoms with Gasteiger partial charge in [-0.05, 0) is 77.1 Å². The number of nitrogens with two attached hydrogens (primary N) is 1. The van der Waals surface area contributed by atoms with Crippen molar-refractivity contribution in [1.29, 1.82) is 0 Å². The lowest BCUT2D eigenvalue weighted by Crippen LogP contribution is -2.44. The second-order valence-corrected chi connectivity index (χ2v) is 7.08. The molecular formula is C15H25Br2N3. The predicted molar refractivity (Wildman–Crippen MR) is 94.0 cm³/mol. The van der Waals surface area contributed by atoms with Gasteiger partial charge >= 0.3 is 0 Å². The van der Waals surface area contributed by atoms with Gasteiger partial charge in [-0.2, -0.15) is 0 Å². The van der Waals surface area contributed by atoms with Crippen molar-refractivity contribution in [3.63, 3.8) is 0 Å². The van der Waals surface area contributed by atoms with Gasteiger partial charge < -0.3 is 10.6 Å². The summed E-state index contributed by atoms with van der Waals surface area (Å²) < 4.78 is 2.14. The maximum absolute atomic E-state index is 6.06. The molecule has 0 saturated heterocycles. The molecule has 0 bridgehead atoms. The Morgan fingerprint density at radius 2 is 1.85 bits per heavy atom. The third kappa shape index (κ3) is 4.81. The molecule has 20 heavy (non-hydrogen) atoms. The molecule has 0 spiro atoms. The van der Waals surface area contributed by atoms with Gasteiger partial charge in [0.15, 0.2) is 0 Å². The molecule has 0 saturated carbocycles. The minimum atomic E-state index is 0.249. The second kappa shape index (κ2) is 8.49. The van der Waals surface area contributed by atoms with Crippen LogP contribution in [0.5, 0.6) is 0 Å². The smallest absolute Gasteiger partial charge is 0.0474 e. The number of hydrogen-bond donors (Lipinski definition) is 1. The first-order chi connectivity index (χ1) is 9.40. The summed E-state index contributed by atoms with van der Waals surface area (Å²) in [5.74, 6) is 0. The SMILES string of the molecule is CCN(C(C)CN(C)C)C(CN)c1ccc(Br)c(Br)c1. The molecule has 1 aromatic carbocycles. The maximum Gasteiger partial charge on any atom is 0.0474 e.